The largest absolute Gasteiger partial charge is 0.508 e. The first-order valence-corrected chi connectivity index (χ1v) is 8.78. The molecule has 29 heavy (non-hydrogen) atoms. The number of carbonyl (C=O) groups is 3. The monoisotopic (exact) mass is 402 g/mol. The lowest BCUT2D eigenvalue weighted by Gasteiger charge is -2.20. The van der Waals surface area contributed by atoms with Crippen molar-refractivity contribution in [2.75, 3.05) is 6.61 Å². The summed E-state index contributed by atoms with van der Waals surface area (Å²) in [7, 11) is 0. The van der Waals surface area contributed by atoms with Crippen molar-refractivity contribution < 1.29 is 34.4 Å². The number of ether oxygens (including phenoxy) is 1. The Kier molecular flexibility index (Phi) is 7.99. The molecule has 2 aromatic rings. The van der Waals surface area contributed by atoms with Crippen molar-refractivity contribution in [2.24, 2.45) is 0 Å². The zero-order chi connectivity index (χ0) is 21.2. The van der Waals surface area contributed by atoms with Gasteiger partial charge in [-0.1, -0.05) is 42.5 Å². The van der Waals surface area contributed by atoms with E-state index >= 15 is 0 Å². The summed E-state index contributed by atoms with van der Waals surface area (Å²) in [6.07, 6.45) is -0.966. The number of hydrogen-bond donors (Lipinski definition) is 5. The third-order valence-electron chi connectivity index (χ3n) is 3.99. The Morgan fingerprint density at radius 3 is 2.14 bits per heavy atom. The average Bonchev–Trinajstić information content (AvgIpc) is 2.72. The van der Waals surface area contributed by atoms with Gasteiger partial charge in [-0.15, -0.1) is 0 Å². The number of alkyl carbamates (subject to hydrolysis) is 1. The zero-order valence-electron chi connectivity index (χ0n) is 15.4. The van der Waals surface area contributed by atoms with Gasteiger partial charge in [0.2, 0.25) is 5.91 Å². The van der Waals surface area contributed by atoms with Crippen molar-refractivity contribution in [1.29, 1.82) is 0 Å². The number of amides is 2. The molecule has 2 rings (SSSR count). The minimum absolute atomic E-state index is 0.0228. The molecule has 0 saturated carbocycles. The van der Waals surface area contributed by atoms with Crippen LogP contribution < -0.4 is 10.6 Å². The SMILES string of the molecule is O=C(N[C@H](CO)C(=O)N[C@H](Cc1ccc(O)cc1)C(=O)O)OCc1ccccc1. The van der Waals surface area contributed by atoms with E-state index in [2.05, 4.69) is 10.6 Å². The minimum Gasteiger partial charge on any atom is -0.508 e. The number of hydrogen-bond acceptors (Lipinski definition) is 6. The second-order valence-electron chi connectivity index (χ2n) is 6.21. The maximum Gasteiger partial charge on any atom is 0.408 e. The van der Waals surface area contributed by atoms with Crippen molar-refractivity contribution in [1.82, 2.24) is 10.6 Å². The zero-order valence-corrected chi connectivity index (χ0v) is 15.4. The van der Waals surface area contributed by atoms with Crippen molar-refractivity contribution >= 4 is 18.0 Å². The summed E-state index contributed by atoms with van der Waals surface area (Å²) in [6, 6.07) is 12.1. The Labute approximate surface area is 166 Å². The van der Waals surface area contributed by atoms with Crippen molar-refractivity contribution in [2.45, 2.75) is 25.1 Å². The lowest BCUT2D eigenvalue weighted by molar-refractivity contribution is -0.142. The molecule has 0 heterocycles. The molecule has 9 nitrogen and oxygen atoms in total. The number of aliphatic carboxylic acids is 1. The molecule has 0 unspecified atom stereocenters. The van der Waals surface area contributed by atoms with Gasteiger partial charge in [0, 0.05) is 6.42 Å². The van der Waals surface area contributed by atoms with Crippen LogP contribution in [0.25, 0.3) is 0 Å². The molecule has 0 aliphatic carbocycles. The smallest absolute Gasteiger partial charge is 0.408 e. The molecule has 2 amide bonds. The summed E-state index contributed by atoms with van der Waals surface area (Å²) in [5.41, 5.74) is 1.32. The van der Waals surface area contributed by atoms with Gasteiger partial charge in [0.25, 0.3) is 0 Å². The molecule has 0 bridgehead atoms. The number of aliphatic hydroxyl groups is 1. The van der Waals surface area contributed by atoms with E-state index in [1.165, 1.54) is 24.3 Å². The van der Waals surface area contributed by atoms with Crippen LogP contribution in [0.3, 0.4) is 0 Å². The molecule has 0 fully saturated rings. The number of nitrogens with one attached hydrogen (secondary N) is 2. The molecule has 0 radical (unpaired) electrons. The normalized spacial score (nSPS) is 12.4. The Hall–Kier alpha value is -3.59. The van der Waals surface area contributed by atoms with Crippen molar-refractivity contribution in [3.05, 3.63) is 65.7 Å². The first-order chi connectivity index (χ1) is 13.9. The molecule has 2 atom stereocenters. The second-order valence-corrected chi connectivity index (χ2v) is 6.21. The van der Waals surface area contributed by atoms with E-state index in [-0.39, 0.29) is 18.8 Å². The maximum absolute atomic E-state index is 12.3. The fourth-order valence-electron chi connectivity index (χ4n) is 2.44. The number of rotatable bonds is 9. The molecule has 0 aliphatic rings. The number of aromatic hydroxyl groups is 1. The summed E-state index contributed by atoms with van der Waals surface area (Å²) in [6.45, 7) is -0.761. The van der Waals surface area contributed by atoms with Crippen LogP contribution in [0.1, 0.15) is 11.1 Å². The molecule has 0 saturated heterocycles. The fraction of sp³-hybridized carbons (Fsp3) is 0.250. The highest BCUT2D eigenvalue weighted by atomic mass is 16.5. The fourth-order valence-corrected chi connectivity index (χ4v) is 2.44. The number of benzene rings is 2. The first kappa shape index (κ1) is 21.7. The molecule has 2 aromatic carbocycles. The van der Waals surface area contributed by atoms with Gasteiger partial charge in [0.15, 0.2) is 0 Å². The van der Waals surface area contributed by atoms with E-state index < -0.39 is 36.7 Å². The predicted octanol–water partition coefficient (Wildman–Crippen LogP) is 0.791. The molecule has 0 aromatic heterocycles. The van der Waals surface area contributed by atoms with Crippen LogP contribution in [0.4, 0.5) is 4.79 Å². The van der Waals surface area contributed by atoms with E-state index in [0.717, 1.165) is 5.56 Å². The summed E-state index contributed by atoms with van der Waals surface area (Å²) in [5.74, 6) is -2.12. The molecule has 0 aliphatic heterocycles. The number of phenols is 1. The number of phenolic OH excluding ortho intramolecular Hbond substituents is 1. The van der Waals surface area contributed by atoms with Crippen molar-refractivity contribution in [3.8, 4) is 5.75 Å². The van der Waals surface area contributed by atoms with E-state index in [0.29, 0.717) is 5.56 Å². The molecule has 154 valence electrons. The summed E-state index contributed by atoms with van der Waals surface area (Å²) < 4.78 is 4.99. The summed E-state index contributed by atoms with van der Waals surface area (Å²) >= 11 is 0. The van der Waals surface area contributed by atoms with E-state index in [4.69, 9.17) is 4.74 Å². The lowest BCUT2D eigenvalue weighted by atomic mass is 10.1. The Morgan fingerprint density at radius 2 is 1.55 bits per heavy atom. The second kappa shape index (κ2) is 10.7. The lowest BCUT2D eigenvalue weighted by Crippen LogP contribution is -2.53. The number of aliphatic hydroxyl groups excluding tert-OH is 1. The summed E-state index contributed by atoms with van der Waals surface area (Å²) in [5, 5.41) is 32.5. The molecule has 5 N–H and O–H groups in total. The Morgan fingerprint density at radius 1 is 0.897 bits per heavy atom. The van der Waals surface area contributed by atoms with Crippen LogP contribution in [0, 0.1) is 0 Å². The van der Waals surface area contributed by atoms with Crippen LogP contribution in [0.5, 0.6) is 5.75 Å². The predicted molar refractivity (Wildman–Crippen MR) is 102 cm³/mol. The first-order valence-electron chi connectivity index (χ1n) is 8.78. The number of carbonyl (C=O) groups excluding carboxylic acids is 2. The quantitative estimate of drug-likeness (QED) is 0.417. The van der Waals surface area contributed by atoms with E-state index in [9.17, 15) is 29.7 Å². The maximum atomic E-state index is 12.3. The molecular weight excluding hydrogens is 380 g/mol. The van der Waals surface area contributed by atoms with E-state index in [1.54, 1.807) is 24.3 Å². The number of carboxylic acids is 1. The van der Waals surface area contributed by atoms with Crippen LogP contribution in [-0.4, -0.2) is 52.0 Å². The van der Waals surface area contributed by atoms with Gasteiger partial charge in [-0.05, 0) is 23.3 Å². The summed E-state index contributed by atoms with van der Waals surface area (Å²) in [4.78, 5) is 35.6. The van der Waals surface area contributed by atoms with Gasteiger partial charge in [0.1, 0.15) is 24.4 Å². The minimum atomic E-state index is -1.38. The highest BCUT2D eigenvalue weighted by Crippen LogP contribution is 2.11. The third-order valence-corrected chi connectivity index (χ3v) is 3.99. The molecule has 0 spiro atoms. The van der Waals surface area contributed by atoms with Crippen LogP contribution in [0.2, 0.25) is 0 Å². The van der Waals surface area contributed by atoms with Gasteiger partial charge < -0.3 is 30.7 Å². The number of carboxylic acid groups (broad SMARTS) is 1. The highest BCUT2D eigenvalue weighted by Gasteiger charge is 2.26. The van der Waals surface area contributed by atoms with Gasteiger partial charge in [-0.2, -0.15) is 0 Å². The third kappa shape index (κ3) is 7.15. The van der Waals surface area contributed by atoms with Gasteiger partial charge >= 0.3 is 12.1 Å². The highest BCUT2D eigenvalue weighted by molar-refractivity contribution is 5.89. The van der Waals surface area contributed by atoms with Gasteiger partial charge in [-0.25, -0.2) is 9.59 Å². The average molecular weight is 402 g/mol. The van der Waals surface area contributed by atoms with Gasteiger partial charge in [0.05, 0.1) is 6.61 Å². The standard InChI is InChI=1S/C20H22N2O7/c23-11-17(22-20(28)29-12-14-4-2-1-3-5-14)18(25)21-16(19(26)27)10-13-6-8-15(24)9-7-13/h1-9,16-17,23-24H,10-12H2,(H,21,25)(H,22,28)(H,26,27)/t16-,17-/m1/s1. The van der Waals surface area contributed by atoms with Crippen molar-refractivity contribution in [3.63, 3.8) is 0 Å². The Balaban J connectivity index is 1.91. The topological polar surface area (TPSA) is 145 Å². The van der Waals surface area contributed by atoms with Crippen LogP contribution in [-0.2, 0) is 27.4 Å². The molecule has 9 heteroatoms. The Bertz CT molecular complexity index is 824. The van der Waals surface area contributed by atoms with Crippen LogP contribution >= 0.6 is 0 Å². The molecular formula is C20H22N2O7. The van der Waals surface area contributed by atoms with Crippen LogP contribution in [0.15, 0.2) is 54.6 Å². The van der Waals surface area contributed by atoms with Gasteiger partial charge in [-0.3, -0.25) is 4.79 Å². The van der Waals surface area contributed by atoms with E-state index in [1.807, 2.05) is 6.07 Å².